The zero-order valence-corrected chi connectivity index (χ0v) is 16.0. The molecule has 0 aliphatic heterocycles. The lowest BCUT2D eigenvalue weighted by Gasteiger charge is -2.08. The van der Waals surface area contributed by atoms with Crippen molar-refractivity contribution in [1.29, 1.82) is 0 Å². The molecule has 0 saturated heterocycles. The van der Waals surface area contributed by atoms with Crippen molar-refractivity contribution in [2.24, 2.45) is 0 Å². The van der Waals surface area contributed by atoms with Gasteiger partial charge in [-0.2, -0.15) is 0 Å². The molecule has 132 valence electrons. The number of hydrogen-bond acceptors (Lipinski definition) is 5. The number of Topliss-reactive ketones (excluding diaryl/α,β-unsaturated/α-hetero) is 1. The number of rotatable bonds is 7. The summed E-state index contributed by atoms with van der Waals surface area (Å²) in [6, 6.07) is 16.3. The van der Waals surface area contributed by atoms with E-state index in [0.29, 0.717) is 33.7 Å². The van der Waals surface area contributed by atoms with Crippen LogP contribution in [0.5, 0.6) is 0 Å². The van der Waals surface area contributed by atoms with E-state index in [-0.39, 0.29) is 5.78 Å². The van der Waals surface area contributed by atoms with E-state index in [9.17, 15) is 4.79 Å². The number of nitrogens with one attached hydrogen (secondary N) is 1. The number of carbonyl (C=O) groups excluding carboxylic acids is 1. The Morgan fingerprint density at radius 2 is 1.81 bits per heavy atom. The lowest BCUT2D eigenvalue weighted by Crippen LogP contribution is -2.04. The summed E-state index contributed by atoms with van der Waals surface area (Å²) in [6.45, 7) is 0.560. The summed E-state index contributed by atoms with van der Waals surface area (Å²) in [6.07, 6.45) is 1.48. The first kappa shape index (κ1) is 18.7. The molecule has 0 saturated carbocycles. The van der Waals surface area contributed by atoms with Crippen LogP contribution >= 0.6 is 35.0 Å². The number of anilines is 1. The molecule has 1 heterocycles. The number of hydrogen-bond donors (Lipinski definition) is 1. The van der Waals surface area contributed by atoms with E-state index >= 15 is 0 Å². The summed E-state index contributed by atoms with van der Waals surface area (Å²) in [5.41, 5.74) is 1.62. The van der Waals surface area contributed by atoms with Crippen molar-refractivity contribution in [1.82, 2.24) is 9.97 Å². The number of carbonyl (C=O) groups is 1. The maximum Gasteiger partial charge on any atom is 0.173 e. The summed E-state index contributed by atoms with van der Waals surface area (Å²) >= 11 is 13.4. The lowest BCUT2D eigenvalue weighted by atomic mass is 10.1. The van der Waals surface area contributed by atoms with Crippen molar-refractivity contribution in [2.45, 2.75) is 11.6 Å². The van der Waals surface area contributed by atoms with Crippen LogP contribution in [0.25, 0.3) is 0 Å². The first-order valence-corrected chi connectivity index (χ1v) is 9.57. The maximum atomic E-state index is 12.2. The van der Waals surface area contributed by atoms with E-state index < -0.39 is 0 Å². The molecule has 0 fully saturated rings. The standard InChI is InChI=1S/C19H15Cl2N3OS/c20-15-7-5-13(6-8-15)17(25)11-26-19-9-18(23-12-24-19)22-10-14-3-1-2-4-16(14)21/h1-9,12H,10-11H2,(H,22,23,24). The van der Waals surface area contributed by atoms with Crippen LogP contribution in [-0.2, 0) is 6.54 Å². The van der Waals surface area contributed by atoms with Gasteiger partial charge >= 0.3 is 0 Å². The van der Waals surface area contributed by atoms with Gasteiger partial charge in [0, 0.05) is 28.2 Å². The van der Waals surface area contributed by atoms with Crippen LogP contribution in [0.3, 0.4) is 0 Å². The highest BCUT2D eigenvalue weighted by atomic mass is 35.5. The van der Waals surface area contributed by atoms with Crippen molar-refractivity contribution in [3.63, 3.8) is 0 Å². The van der Waals surface area contributed by atoms with E-state index in [1.54, 1.807) is 24.3 Å². The van der Waals surface area contributed by atoms with Gasteiger partial charge in [-0.05, 0) is 35.9 Å². The molecule has 1 aromatic heterocycles. The van der Waals surface area contributed by atoms with Crippen LogP contribution in [0.2, 0.25) is 10.0 Å². The smallest absolute Gasteiger partial charge is 0.173 e. The Balaban J connectivity index is 1.58. The Kier molecular flexibility index (Phi) is 6.50. The van der Waals surface area contributed by atoms with Gasteiger partial charge in [0.2, 0.25) is 0 Å². The predicted octanol–water partition coefficient (Wildman–Crippen LogP) is 5.37. The summed E-state index contributed by atoms with van der Waals surface area (Å²) < 4.78 is 0. The molecule has 4 nitrogen and oxygen atoms in total. The molecule has 0 unspecified atom stereocenters. The monoisotopic (exact) mass is 403 g/mol. The fourth-order valence-electron chi connectivity index (χ4n) is 2.20. The van der Waals surface area contributed by atoms with Gasteiger partial charge in [0.15, 0.2) is 5.78 Å². The van der Waals surface area contributed by atoms with Gasteiger partial charge in [-0.3, -0.25) is 4.79 Å². The summed E-state index contributed by atoms with van der Waals surface area (Å²) in [5.74, 6) is 1.00. The highest BCUT2D eigenvalue weighted by Crippen LogP contribution is 2.21. The zero-order valence-electron chi connectivity index (χ0n) is 13.7. The van der Waals surface area contributed by atoms with Crippen LogP contribution < -0.4 is 5.32 Å². The third kappa shape index (κ3) is 5.21. The summed E-state index contributed by atoms with van der Waals surface area (Å²) in [5, 5.41) is 5.26. The molecule has 26 heavy (non-hydrogen) atoms. The van der Waals surface area contributed by atoms with Crippen molar-refractivity contribution in [3.8, 4) is 0 Å². The van der Waals surface area contributed by atoms with Crippen LogP contribution in [0.1, 0.15) is 15.9 Å². The molecular formula is C19H15Cl2N3OS. The number of aromatic nitrogens is 2. The molecule has 0 radical (unpaired) electrons. The first-order chi connectivity index (χ1) is 12.6. The molecular weight excluding hydrogens is 389 g/mol. The molecule has 0 bridgehead atoms. The minimum atomic E-state index is 0.0239. The molecule has 7 heteroatoms. The number of ketones is 1. The van der Waals surface area contributed by atoms with Gasteiger partial charge in [0.05, 0.1) is 5.75 Å². The molecule has 3 rings (SSSR count). The van der Waals surface area contributed by atoms with Crippen LogP contribution in [0.4, 0.5) is 5.82 Å². The minimum absolute atomic E-state index is 0.0239. The second-order valence-electron chi connectivity index (χ2n) is 5.41. The topological polar surface area (TPSA) is 54.9 Å². The SMILES string of the molecule is O=C(CSc1cc(NCc2ccccc2Cl)ncn1)c1ccc(Cl)cc1. The van der Waals surface area contributed by atoms with Gasteiger partial charge in [0.1, 0.15) is 17.2 Å². The van der Waals surface area contributed by atoms with Crippen LogP contribution in [-0.4, -0.2) is 21.5 Å². The maximum absolute atomic E-state index is 12.2. The molecule has 0 atom stereocenters. The van der Waals surface area contributed by atoms with Crippen molar-refractivity contribution in [2.75, 3.05) is 11.1 Å². The molecule has 0 aliphatic rings. The normalized spacial score (nSPS) is 10.5. The predicted molar refractivity (Wildman–Crippen MR) is 107 cm³/mol. The number of benzene rings is 2. The van der Waals surface area contributed by atoms with E-state index in [4.69, 9.17) is 23.2 Å². The Hall–Kier alpha value is -2.08. The highest BCUT2D eigenvalue weighted by Gasteiger charge is 2.08. The largest absolute Gasteiger partial charge is 0.366 e. The second-order valence-corrected chi connectivity index (χ2v) is 7.24. The molecule has 1 N–H and O–H groups in total. The van der Waals surface area contributed by atoms with Crippen molar-refractivity contribution < 1.29 is 4.79 Å². The van der Waals surface area contributed by atoms with Crippen LogP contribution in [0, 0.1) is 0 Å². The Morgan fingerprint density at radius 1 is 1.04 bits per heavy atom. The lowest BCUT2D eigenvalue weighted by molar-refractivity contribution is 0.102. The van der Waals surface area contributed by atoms with Gasteiger partial charge in [0.25, 0.3) is 0 Å². The van der Waals surface area contributed by atoms with Crippen molar-refractivity contribution >= 4 is 46.6 Å². The zero-order chi connectivity index (χ0) is 18.4. The summed E-state index contributed by atoms with van der Waals surface area (Å²) in [4.78, 5) is 20.6. The third-order valence-corrected chi connectivity index (χ3v) is 5.12. The number of nitrogens with zero attached hydrogens (tertiary/aromatic N) is 2. The quantitative estimate of drug-likeness (QED) is 0.326. The summed E-state index contributed by atoms with van der Waals surface area (Å²) in [7, 11) is 0. The average Bonchev–Trinajstić information content (AvgIpc) is 2.66. The fourth-order valence-corrected chi connectivity index (χ4v) is 3.29. The Bertz CT molecular complexity index is 903. The van der Waals surface area contributed by atoms with Crippen LogP contribution in [0.15, 0.2) is 66.0 Å². The van der Waals surface area contributed by atoms with Crippen molar-refractivity contribution in [3.05, 3.63) is 82.1 Å². The second kappa shape index (κ2) is 9.03. The van der Waals surface area contributed by atoms with Gasteiger partial charge in [-0.1, -0.05) is 53.2 Å². The molecule has 0 aliphatic carbocycles. The Labute approximate surface area is 166 Å². The number of thioether (sulfide) groups is 1. The molecule has 0 spiro atoms. The van der Waals surface area contributed by atoms with E-state index in [1.807, 2.05) is 30.3 Å². The van der Waals surface area contributed by atoms with Gasteiger partial charge < -0.3 is 5.32 Å². The van der Waals surface area contributed by atoms with Gasteiger partial charge in [-0.15, -0.1) is 0 Å². The number of halogens is 2. The average molecular weight is 404 g/mol. The third-order valence-electron chi connectivity index (χ3n) is 3.58. The van der Waals surface area contributed by atoms with E-state index in [0.717, 1.165) is 10.6 Å². The van der Waals surface area contributed by atoms with E-state index in [1.165, 1.54) is 18.1 Å². The molecule has 2 aromatic carbocycles. The Morgan fingerprint density at radius 3 is 2.58 bits per heavy atom. The van der Waals surface area contributed by atoms with Gasteiger partial charge in [-0.25, -0.2) is 9.97 Å². The van der Waals surface area contributed by atoms with E-state index in [2.05, 4.69) is 15.3 Å². The highest BCUT2D eigenvalue weighted by molar-refractivity contribution is 7.99. The molecule has 0 amide bonds. The minimum Gasteiger partial charge on any atom is -0.366 e. The first-order valence-electron chi connectivity index (χ1n) is 7.83. The molecule has 3 aromatic rings. The fraction of sp³-hybridized carbons (Fsp3) is 0.105.